The molecular formula is C2H4N2OS. The van der Waals surface area contributed by atoms with E-state index in [-0.39, 0.29) is 13.5 Å². The van der Waals surface area contributed by atoms with Crippen LogP contribution in [0.3, 0.4) is 0 Å². The van der Waals surface area contributed by atoms with Gasteiger partial charge in [0.2, 0.25) is 12.8 Å². The summed E-state index contributed by atoms with van der Waals surface area (Å²) in [6, 6.07) is 0. The van der Waals surface area contributed by atoms with Crippen molar-refractivity contribution in [3.8, 4) is 0 Å². The number of rotatable bonds is 0. The van der Waals surface area contributed by atoms with Crippen molar-refractivity contribution >= 4 is 13.5 Å². The van der Waals surface area contributed by atoms with Crippen molar-refractivity contribution in [3.63, 3.8) is 0 Å². The van der Waals surface area contributed by atoms with Gasteiger partial charge in [-0.1, -0.05) is 0 Å². The topological polar surface area (TPSA) is 38.9 Å². The van der Waals surface area contributed by atoms with Crippen LogP contribution in [0.15, 0.2) is 17.2 Å². The molecule has 6 heavy (non-hydrogen) atoms. The second kappa shape index (κ2) is 2.71. The van der Waals surface area contributed by atoms with Crippen molar-refractivity contribution < 1.29 is 4.42 Å². The van der Waals surface area contributed by atoms with Gasteiger partial charge in [0.25, 0.3) is 0 Å². The third kappa shape index (κ3) is 1.07. The first-order chi connectivity index (χ1) is 2.50. The van der Waals surface area contributed by atoms with Gasteiger partial charge in [-0.25, -0.2) is 0 Å². The number of hydrogen-bond acceptors (Lipinski definition) is 3. The van der Waals surface area contributed by atoms with Gasteiger partial charge in [-0.2, -0.15) is 13.5 Å². The predicted octanol–water partition coefficient (Wildman–Crippen LogP) is 0.182. The summed E-state index contributed by atoms with van der Waals surface area (Å²) < 4.78 is 4.36. The molecule has 1 aromatic rings. The van der Waals surface area contributed by atoms with E-state index in [1.54, 1.807) is 0 Å². The molecule has 4 heteroatoms. The van der Waals surface area contributed by atoms with Gasteiger partial charge in [0.05, 0.1) is 0 Å². The van der Waals surface area contributed by atoms with Crippen molar-refractivity contribution in [2.24, 2.45) is 0 Å². The number of aromatic nitrogens is 2. The second-order valence-electron chi connectivity index (χ2n) is 0.578. The molecule has 34 valence electrons. The van der Waals surface area contributed by atoms with Gasteiger partial charge in [-0.15, -0.1) is 10.2 Å². The van der Waals surface area contributed by atoms with Crippen LogP contribution in [0.25, 0.3) is 0 Å². The van der Waals surface area contributed by atoms with Crippen LogP contribution < -0.4 is 0 Å². The Kier molecular flexibility index (Phi) is 2.48. The van der Waals surface area contributed by atoms with Crippen LogP contribution in [0.1, 0.15) is 0 Å². The van der Waals surface area contributed by atoms with E-state index in [0.29, 0.717) is 0 Å². The summed E-state index contributed by atoms with van der Waals surface area (Å²) in [5.41, 5.74) is 0. The first-order valence-corrected chi connectivity index (χ1v) is 1.19. The predicted molar refractivity (Wildman–Crippen MR) is 24.7 cm³/mol. The molecule has 0 radical (unpaired) electrons. The van der Waals surface area contributed by atoms with E-state index in [1.165, 1.54) is 12.8 Å². The Hall–Kier alpha value is -0.510. The fraction of sp³-hybridized carbons (Fsp3) is 0. The van der Waals surface area contributed by atoms with Crippen molar-refractivity contribution in [2.75, 3.05) is 0 Å². The van der Waals surface area contributed by atoms with Gasteiger partial charge in [-0.3, -0.25) is 0 Å². The molecule has 0 N–H and O–H groups in total. The maximum Gasteiger partial charge on any atom is 0.203 e. The van der Waals surface area contributed by atoms with Crippen LogP contribution in [0.5, 0.6) is 0 Å². The smallest absolute Gasteiger partial charge is 0.203 e. The van der Waals surface area contributed by atoms with E-state index in [4.69, 9.17) is 0 Å². The average molecular weight is 104 g/mol. The summed E-state index contributed by atoms with van der Waals surface area (Å²) in [5.74, 6) is 0. The molecule has 0 aromatic carbocycles. The molecule has 0 spiro atoms. The Labute approximate surface area is 41.8 Å². The summed E-state index contributed by atoms with van der Waals surface area (Å²) >= 11 is 0. The Morgan fingerprint density at radius 1 is 1.17 bits per heavy atom. The molecule has 0 atom stereocenters. The van der Waals surface area contributed by atoms with Crippen LogP contribution in [0.2, 0.25) is 0 Å². The highest BCUT2D eigenvalue weighted by molar-refractivity contribution is 7.59. The van der Waals surface area contributed by atoms with Crippen molar-refractivity contribution in [1.29, 1.82) is 0 Å². The van der Waals surface area contributed by atoms with Crippen molar-refractivity contribution in [1.82, 2.24) is 10.2 Å². The minimum Gasteiger partial charge on any atom is -0.431 e. The molecular weight excluding hydrogens is 100 g/mol. The first-order valence-electron chi connectivity index (χ1n) is 1.19. The van der Waals surface area contributed by atoms with Gasteiger partial charge >= 0.3 is 0 Å². The molecule has 0 saturated heterocycles. The zero-order chi connectivity index (χ0) is 3.54. The summed E-state index contributed by atoms with van der Waals surface area (Å²) in [4.78, 5) is 0. The first kappa shape index (κ1) is 5.49. The summed E-state index contributed by atoms with van der Waals surface area (Å²) in [6.07, 6.45) is 2.53. The Balaban J connectivity index is 0.000000250. The average Bonchev–Trinajstić information content (AvgIpc) is 1.76. The van der Waals surface area contributed by atoms with E-state index in [1.807, 2.05) is 0 Å². The molecule has 0 saturated carbocycles. The molecule has 0 amide bonds. The van der Waals surface area contributed by atoms with E-state index < -0.39 is 0 Å². The molecule has 0 bridgehead atoms. The highest BCUT2D eigenvalue weighted by Gasteiger charge is 1.60. The van der Waals surface area contributed by atoms with Gasteiger partial charge in [0.15, 0.2) is 0 Å². The normalized spacial score (nSPS) is 6.67. The highest BCUT2D eigenvalue weighted by atomic mass is 32.1. The van der Waals surface area contributed by atoms with Crippen LogP contribution in [0, 0.1) is 0 Å². The van der Waals surface area contributed by atoms with Crippen LogP contribution in [-0.2, 0) is 0 Å². The van der Waals surface area contributed by atoms with E-state index in [9.17, 15) is 0 Å². The lowest BCUT2D eigenvalue weighted by Crippen LogP contribution is -1.53. The molecule has 3 nitrogen and oxygen atoms in total. The van der Waals surface area contributed by atoms with Crippen LogP contribution >= 0.6 is 13.5 Å². The molecule has 0 aliphatic carbocycles. The van der Waals surface area contributed by atoms with Gasteiger partial charge in [0.1, 0.15) is 0 Å². The summed E-state index contributed by atoms with van der Waals surface area (Å²) in [6.45, 7) is 0. The van der Waals surface area contributed by atoms with Gasteiger partial charge < -0.3 is 4.42 Å². The molecule has 1 aromatic heterocycles. The monoisotopic (exact) mass is 104 g/mol. The minimum absolute atomic E-state index is 0. The van der Waals surface area contributed by atoms with E-state index in [0.717, 1.165) is 0 Å². The third-order valence-corrected chi connectivity index (χ3v) is 0.283. The minimum atomic E-state index is 0. The van der Waals surface area contributed by atoms with Crippen molar-refractivity contribution in [3.05, 3.63) is 12.8 Å². The van der Waals surface area contributed by atoms with Crippen LogP contribution in [-0.4, -0.2) is 10.2 Å². The van der Waals surface area contributed by atoms with Gasteiger partial charge in [-0.05, 0) is 0 Å². The lowest BCUT2D eigenvalue weighted by molar-refractivity contribution is 0.553. The maximum absolute atomic E-state index is 4.36. The van der Waals surface area contributed by atoms with Crippen molar-refractivity contribution in [2.45, 2.75) is 0 Å². The summed E-state index contributed by atoms with van der Waals surface area (Å²) in [7, 11) is 0. The quantitative estimate of drug-likeness (QED) is 0.471. The second-order valence-corrected chi connectivity index (χ2v) is 0.578. The third-order valence-electron chi connectivity index (χ3n) is 0.283. The SMILES string of the molecule is S.c1nnco1. The number of hydrogen-bond donors (Lipinski definition) is 0. The van der Waals surface area contributed by atoms with E-state index in [2.05, 4.69) is 14.6 Å². The zero-order valence-electron chi connectivity index (χ0n) is 2.96. The maximum atomic E-state index is 4.36. The largest absolute Gasteiger partial charge is 0.431 e. The summed E-state index contributed by atoms with van der Waals surface area (Å²) in [5, 5.41) is 6.61. The molecule has 0 fully saturated rings. The Morgan fingerprint density at radius 3 is 1.83 bits per heavy atom. The standard InChI is InChI=1S/C2H2N2O.H2S/c1-3-4-2-5-1;/h1-2H;1H2. The van der Waals surface area contributed by atoms with Gasteiger partial charge in [0, 0.05) is 0 Å². The fourth-order valence-electron chi connectivity index (χ4n) is 0.136. The van der Waals surface area contributed by atoms with Crippen LogP contribution in [0.4, 0.5) is 0 Å². The molecule has 1 rings (SSSR count). The molecule has 0 aliphatic rings. The Bertz CT molecular complexity index is 68.0. The molecule has 0 aliphatic heterocycles. The number of nitrogens with zero attached hydrogens (tertiary/aromatic N) is 2. The lowest BCUT2D eigenvalue weighted by atomic mass is 11.5. The zero-order valence-corrected chi connectivity index (χ0v) is 3.96. The Morgan fingerprint density at radius 2 is 1.67 bits per heavy atom. The highest BCUT2D eigenvalue weighted by Crippen LogP contribution is 1.64. The fourth-order valence-corrected chi connectivity index (χ4v) is 0.136. The van der Waals surface area contributed by atoms with E-state index >= 15 is 0 Å². The molecule has 1 heterocycles. The lowest BCUT2D eigenvalue weighted by Gasteiger charge is -1.44. The molecule has 0 unspecified atom stereocenters.